The summed E-state index contributed by atoms with van der Waals surface area (Å²) in [6, 6.07) is 3.96. The van der Waals surface area contributed by atoms with Crippen molar-refractivity contribution in [1.82, 2.24) is 0 Å². The van der Waals surface area contributed by atoms with Crippen LogP contribution in [0.2, 0.25) is 5.02 Å². The fourth-order valence-corrected chi connectivity index (χ4v) is 6.15. The van der Waals surface area contributed by atoms with Gasteiger partial charge in [0.2, 0.25) is 0 Å². The van der Waals surface area contributed by atoms with Crippen LogP contribution in [0.5, 0.6) is 0 Å². The molecule has 0 amide bonds. The van der Waals surface area contributed by atoms with Gasteiger partial charge in [-0.3, -0.25) is 0 Å². The third kappa shape index (κ3) is 4.93. The molecule has 3 heteroatoms. The van der Waals surface area contributed by atoms with Crippen LogP contribution < -0.4 is 0 Å². The third-order valence-electron chi connectivity index (χ3n) is 7.76. The Kier molecular flexibility index (Phi) is 6.99. The van der Waals surface area contributed by atoms with Gasteiger partial charge in [0, 0.05) is 5.56 Å². The Hall–Kier alpha value is -0.600. The van der Waals surface area contributed by atoms with Crippen LogP contribution in [0.3, 0.4) is 0 Å². The van der Waals surface area contributed by atoms with E-state index in [-0.39, 0.29) is 11.9 Å². The zero-order valence-electron chi connectivity index (χ0n) is 17.4. The molecular weight excluding hydrogens is 371 g/mol. The van der Waals surface area contributed by atoms with Crippen LogP contribution in [0.25, 0.3) is 0 Å². The van der Waals surface area contributed by atoms with Crippen LogP contribution >= 0.6 is 11.6 Å². The molecule has 1 unspecified atom stereocenters. The predicted octanol–water partition coefficient (Wildman–Crippen LogP) is 8.21. The first-order valence-corrected chi connectivity index (χ1v) is 12.1. The number of hydrogen-bond acceptors (Lipinski definition) is 1. The Balaban J connectivity index is 1.22. The lowest BCUT2D eigenvalue weighted by atomic mass is 9.74. The molecule has 0 spiro atoms. The molecule has 1 saturated heterocycles. The SMILES string of the molecule is CCCC1CCC(CCC2CCC(c3ccc(C4CO4)c(F)c3Cl)CC2)CC1. The molecule has 1 aliphatic heterocycles. The average molecular weight is 407 g/mol. The zero-order valence-corrected chi connectivity index (χ0v) is 18.2. The topological polar surface area (TPSA) is 12.5 Å². The van der Waals surface area contributed by atoms with Crippen molar-refractivity contribution in [1.29, 1.82) is 0 Å². The summed E-state index contributed by atoms with van der Waals surface area (Å²) in [6.07, 6.45) is 16.3. The van der Waals surface area contributed by atoms with E-state index in [0.29, 0.717) is 23.1 Å². The van der Waals surface area contributed by atoms with Crippen LogP contribution in [-0.4, -0.2) is 6.61 Å². The van der Waals surface area contributed by atoms with Gasteiger partial charge < -0.3 is 4.74 Å². The minimum Gasteiger partial charge on any atom is -0.368 e. The molecular formula is C25H36ClFO. The summed E-state index contributed by atoms with van der Waals surface area (Å²) in [5, 5.41) is 0.347. The summed E-state index contributed by atoms with van der Waals surface area (Å²) in [4.78, 5) is 0. The van der Waals surface area contributed by atoms with Crippen molar-refractivity contribution in [2.75, 3.05) is 6.61 Å². The van der Waals surface area contributed by atoms with Crippen LogP contribution in [0.15, 0.2) is 12.1 Å². The molecule has 3 fully saturated rings. The van der Waals surface area contributed by atoms with Gasteiger partial charge in [-0.2, -0.15) is 0 Å². The first-order valence-electron chi connectivity index (χ1n) is 11.7. The van der Waals surface area contributed by atoms with E-state index in [9.17, 15) is 4.39 Å². The van der Waals surface area contributed by atoms with Gasteiger partial charge in [0.25, 0.3) is 0 Å². The number of hydrogen-bond donors (Lipinski definition) is 0. The highest BCUT2D eigenvalue weighted by Gasteiger charge is 2.31. The summed E-state index contributed by atoms with van der Waals surface area (Å²) in [5.41, 5.74) is 1.66. The third-order valence-corrected chi connectivity index (χ3v) is 8.14. The second kappa shape index (κ2) is 9.47. The summed E-state index contributed by atoms with van der Waals surface area (Å²) in [5.74, 6) is 3.04. The molecule has 2 aliphatic carbocycles. The van der Waals surface area contributed by atoms with Gasteiger partial charge in [0.15, 0.2) is 0 Å². The monoisotopic (exact) mass is 406 g/mol. The maximum atomic E-state index is 14.6. The molecule has 1 aromatic rings. The van der Waals surface area contributed by atoms with Crippen molar-refractivity contribution in [3.05, 3.63) is 34.1 Å². The minimum atomic E-state index is -0.248. The first-order chi connectivity index (χ1) is 13.7. The quantitative estimate of drug-likeness (QED) is 0.415. The molecule has 2 saturated carbocycles. The van der Waals surface area contributed by atoms with Crippen molar-refractivity contribution in [3.8, 4) is 0 Å². The molecule has 1 atom stereocenters. The number of epoxide rings is 1. The summed E-state index contributed by atoms with van der Waals surface area (Å²) >= 11 is 6.41. The highest BCUT2D eigenvalue weighted by atomic mass is 35.5. The van der Waals surface area contributed by atoms with Gasteiger partial charge in [-0.25, -0.2) is 4.39 Å². The predicted molar refractivity (Wildman–Crippen MR) is 114 cm³/mol. The summed E-state index contributed by atoms with van der Waals surface area (Å²) < 4.78 is 19.8. The average Bonchev–Trinajstić information content (AvgIpc) is 3.55. The second-order valence-electron chi connectivity index (χ2n) is 9.66. The van der Waals surface area contributed by atoms with Gasteiger partial charge in [0.05, 0.1) is 11.6 Å². The van der Waals surface area contributed by atoms with Crippen molar-refractivity contribution >= 4 is 11.6 Å². The highest BCUT2D eigenvalue weighted by Crippen LogP contribution is 2.44. The Bertz CT molecular complexity index is 640. The van der Waals surface area contributed by atoms with Crippen molar-refractivity contribution in [2.45, 2.75) is 96.0 Å². The molecule has 0 bridgehead atoms. The number of ether oxygens (including phenoxy) is 1. The van der Waals surface area contributed by atoms with Crippen LogP contribution in [0.1, 0.15) is 107 Å². The summed E-state index contributed by atoms with van der Waals surface area (Å²) in [6.45, 7) is 2.94. The van der Waals surface area contributed by atoms with E-state index in [1.165, 1.54) is 64.2 Å². The maximum absolute atomic E-state index is 14.6. The largest absolute Gasteiger partial charge is 0.368 e. The van der Waals surface area contributed by atoms with E-state index < -0.39 is 0 Å². The maximum Gasteiger partial charge on any atom is 0.147 e. The van der Waals surface area contributed by atoms with Gasteiger partial charge in [-0.1, -0.05) is 82.0 Å². The fraction of sp³-hybridized carbons (Fsp3) is 0.760. The van der Waals surface area contributed by atoms with Crippen LogP contribution in [0.4, 0.5) is 4.39 Å². The molecule has 156 valence electrons. The Morgan fingerprint density at radius 1 is 0.857 bits per heavy atom. The van der Waals surface area contributed by atoms with E-state index in [1.807, 2.05) is 6.07 Å². The fourth-order valence-electron chi connectivity index (χ4n) is 5.82. The smallest absolute Gasteiger partial charge is 0.147 e. The van der Waals surface area contributed by atoms with Gasteiger partial charge in [-0.15, -0.1) is 0 Å². The Morgan fingerprint density at radius 3 is 1.89 bits per heavy atom. The lowest BCUT2D eigenvalue weighted by Crippen LogP contribution is -2.18. The number of benzene rings is 1. The van der Waals surface area contributed by atoms with Crippen molar-refractivity contribution < 1.29 is 9.13 Å². The molecule has 28 heavy (non-hydrogen) atoms. The molecule has 0 radical (unpaired) electrons. The Labute approximate surface area is 175 Å². The van der Waals surface area contributed by atoms with Gasteiger partial charge in [0.1, 0.15) is 11.9 Å². The van der Waals surface area contributed by atoms with E-state index >= 15 is 0 Å². The normalized spacial score (nSPS) is 33.0. The second-order valence-corrected chi connectivity index (χ2v) is 10.0. The van der Waals surface area contributed by atoms with Gasteiger partial charge in [-0.05, 0) is 54.9 Å². The van der Waals surface area contributed by atoms with E-state index in [4.69, 9.17) is 16.3 Å². The van der Waals surface area contributed by atoms with Gasteiger partial charge >= 0.3 is 0 Å². The highest BCUT2D eigenvalue weighted by molar-refractivity contribution is 6.31. The molecule has 3 aliphatic rings. The van der Waals surface area contributed by atoms with E-state index in [2.05, 4.69) is 13.0 Å². The van der Waals surface area contributed by atoms with E-state index in [1.54, 1.807) is 0 Å². The van der Waals surface area contributed by atoms with Crippen LogP contribution in [0, 0.1) is 23.6 Å². The molecule has 4 rings (SSSR count). The first kappa shape index (κ1) is 20.7. The lowest BCUT2D eigenvalue weighted by molar-refractivity contribution is 0.224. The molecule has 0 N–H and O–H groups in total. The molecule has 1 aromatic carbocycles. The molecule has 1 heterocycles. The van der Waals surface area contributed by atoms with Crippen molar-refractivity contribution in [2.24, 2.45) is 17.8 Å². The van der Waals surface area contributed by atoms with E-state index in [0.717, 1.165) is 36.2 Å². The standard InChI is InChI=1S/C25H36ClFO/c1-2-3-17-4-6-18(7-5-17)8-9-19-10-12-20(13-11-19)21-14-15-22(23-16-28-23)25(27)24(21)26/h14-15,17-20,23H,2-13,16H2,1H3. The Morgan fingerprint density at radius 2 is 1.36 bits per heavy atom. The zero-order chi connectivity index (χ0) is 19.5. The van der Waals surface area contributed by atoms with Crippen molar-refractivity contribution in [3.63, 3.8) is 0 Å². The lowest BCUT2D eigenvalue weighted by Gasteiger charge is -2.32. The minimum absolute atomic E-state index is 0.0701. The molecule has 1 nitrogen and oxygen atoms in total. The summed E-state index contributed by atoms with van der Waals surface area (Å²) in [7, 11) is 0. The van der Waals surface area contributed by atoms with Crippen LogP contribution in [-0.2, 0) is 4.74 Å². The molecule has 0 aromatic heterocycles. The number of rotatable bonds is 7. The number of halogens is 2.